The molecule has 0 saturated carbocycles. The van der Waals surface area contributed by atoms with Crippen LogP contribution in [0.2, 0.25) is 4.34 Å². The third-order valence-corrected chi connectivity index (χ3v) is 6.00. The predicted molar refractivity (Wildman–Crippen MR) is 73.1 cm³/mol. The van der Waals surface area contributed by atoms with Crippen molar-refractivity contribution < 1.29 is 5.11 Å². The molecule has 2 aromatic heterocycles. The molecular formula is C9H5Br2ClOS2. The average Bonchev–Trinajstić information content (AvgIpc) is 2.74. The van der Waals surface area contributed by atoms with Gasteiger partial charge in [-0.2, -0.15) is 0 Å². The summed E-state index contributed by atoms with van der Waals surface area (Å²) < 4.78 is 2.51. The molecule has 0 spiro atoms. The van der Waals surface area contributed by atoms with E-state index < -0.39 is 6.10 Å². The third kappa shape index (κ3) is 2.65. The molecule has 0 aliphatic carbocycles. The zero-order chi connectivity index (χ0) is 11.0. The summed E-state index contributed by atoms with van der Waals surface area (Å²) >= 11 is 15.5. The molecule has 1 unspecified atom stereocenters. The summed E-state index contributed by atoms with van der Waals surface area (Å²) in [5.41, 5.74) is 0. The molecule has 80 valence electrons. The Labute approximate surface area is 117 Å². The smallest absolute Gasteiger partial charge is 0.122 e. The van der Waals surface area contributed by atoms with Crippen LogP contribution in [0.5, 0.6) is 0 Å². The molecule has 1 nitrogen and oxygen atoms in total. The zero-order valence-electron chi connectivity index (χ0n) is 7.21. The van der Waals surface area contributed by atoms with E-state index in [1.807, 2.05) is 18.2 Å². The molecule has 2 rings (SSSR count). The van der Waals surface area contributed by atoms with Crippen LogP contribution in [0.1, 0.15) is 15.9 Å². The van der Waals surface area contributed by atoms with E-state index in [1.165, 1.54) is 22.7 Å². The maximum Gasteiger partial charge on any atom is 0.122 e. The van der Waals surface area contributed by atoms with Crippen molar-refractivity contribution in [1.82, 2.24) is 0 Å². The summed E-state index contributed by atoms with van der Waals surface area (Å²) in [6.45, 7) is 0. The van der Waals surface area contributed by atoms with Gasteiger partial charge in [0.2, 0.25) is 0 Å². The number of hydrogen-bond donors (Lipinski definition) is 1. The summed E-state index contributed by atoms with van der Waals surface area (Å²) in [5, 5.41) is 10.1. The van der Waals surface area contributed by atoms with Crippen LogP contribution in [0.25, 0.3) is 0 Å². The van der Waals surface area contributed by atoms with Crippen LogP contribution in [0.3, 0.4) is 0 Å². The maximum atomic E-state index is 10.1. The summed E-state index contributed by atoms with van der Waals surface area (Å²) in [6.07, 6.45) is -0.588. The van der Waals surface area contributed by atoms with Crippen LogP contribution in [-0.4, -0.2) is 5.11 Å². The van der Waals surface area contributed by atoms with E-state index in [4.69, 9.17) is 11.6 Å². The van der Waals surface area contributed by atoms with Gasteiger partial charge in [0, 0.05) is 14.2 Å². The Kier molecular flexibility index (Phi) is 3.91. The van der Waals surface area contributed by atoms with Gasteiger partial charge in [0.1, 0.15) is 10.4 Å². The van der Waals surface area contributed by atoms with Gasteiger partial charge in [-0.05, 0) is 50.1 Å². The highest BCUT2D eigenvalue weighted by atomic mass is 79.9. The standard InChI is InChI=1S/C9H5Br2ClOS2/c10-4-3-6(15-9(4)12)8(13)5-1-2-7(11)14-5/h1-3,8,13H. The normalized spacial score (nSPS) is 13.1. The second-order valence-corrected chi connectivity index (χ2v) is 7.85. The average molecular weight is 389 g/mol. The Bertz CT molecular complexity index is 461. The van der Waals surface area contributed by atoms with Crippen LogP contribution < -0.4 is 0 Å². The van der Waals surface area contributed by atoms with Gasteiger partial charge in [0.25, 0.3) is 0 Å². The lowest BCUT2D eigenvalue weighted by Crippen LogP contribution is -1.92. The molecule has 1 atom stereocenters. The van der Waals surface area contributed by atoms with Crippen molar-refractivity contribution in [1.29, 1.82) is 0 Å². The molecular weight excluding hydrogens is 383 g/mol. The SMILES string of the molecule is OC(c1ccc(Br)s1)c1cc(Br)c(Cl)s1. The van der Waals surface area contributed by atoms with Crippen molar-refractivity contribution in [2.24, 2.45) is 0 Å². The van der Waals surface area contributed by atoms with Gasteiger partial charge in [-0.25, -0.2) is 0 Å². The topological polar surface area (TPSA) is 20.2 Å². The number of halogens is 3. The second kappa shape index (κ2) is 4.85. The highest BCUT2D eigenvalue weighted by Crippen LogP contribution is 2.39. The first-order valence-corrected chi connectivity index (χ1v) is 7.55. The highest BCUT2D eigenvalue weighted by molar-refractivity contribution is 9.11. The maximum absolute atomic E-state index is 10.1. The monoisotopic (exact) mass is 386 g/mol. The van der Waals surface area contributed by atoms with E-state index in [2.05, 4.69) is 31.9 Å². The molecule has 0 aromatic carbocycles. The first-order valence-electron chi connectivity index (χ1n) is 3.96. The predicted octanol–water partition coefficient (Wildman–Crippen LogP) is 5.07. The Balaban J connectivity index is 2.31. The van der Waals surface area contributed by atoms with Crippen molar-refractivity contribution in [2.45, 2.75) is 6.10 Å². The molecule has 0 radical (unpaired) electrons. The molecule has 0 saturated heterocycles. The number of hydrogen-bond acceptors (Lipinski definition) is 3. The third-order valence-electron chi connectivity index (χ3n) is 1.80. The number of thiophene rings is 2. The lowest BCUT2D eigenvalue weighted by Gasteiger charge is -2.04. The molecule has 0 bridgehead atoms. The van der Waals surface area contributed by atoms with Crippen molar-refractivity contribution in [3.63, 3.8) is 0 Å². The fourth-order valence-electron chi connectivity index (χ4n) is 1.11. The fourth-order valence-corrected chi connectivity index (χ4v) is 4.36. The minimum Gasteiger partial charge on any atom is -0.382 e. The second-order valence-electron chi connectivity index (χ2n) is 2.81. The van der Waals surface area contributed by atoms with Gasteiger partial charge in [0.15, 0.2) is 0 Å². The van der Waals surface area contributed by atoms with Gasteiger partial charge in [-0.1, -0.05) is 11.6 Å². The van der Waals surface area contributed by atoms with Crippen LogP contribution >= 0.6 is 66.1 Å². The summed E-state index contributed by atoms with van der Waals surface area (Å²) in [5.74, 6) is 0. The summed E-state index contributed by atoms with van der Waals surface area (Å²) in [7, 11) is 0. The van der Waals surface area contributed by atoms with E-state index >= 15 is 0 Å². The minimum atomic E-state index is -0.588. The van der Waals surface area contributed by atoms with E-state index in [-0.39, 0.29) is 0 Å². The van der Waals surface area contributed by atoms with E-state index in [1.54, 1.807) is 0 Å². The zero-order valence-corrected chi connectivity index (χ0v) is 12.8. The molecule has 2 aromatic rings. The summed E-state index contributed by atoms with van der Waals surface area (Å²) in [6, 6.07) is 5.68. The molecule has 0 aliphatic rings. The van der Waals surface area contributed by atoms with E-state index in [0.717, 1.165) is 18.0 Å². The molecule has 0 fully saturated rings. The summed E-state index contributed by atoms with van der Waals surface area (Å²) in [4.78, 5) is 1.76. The van der Waals surface area contributed by atoms with Crippen molar-refractivity contribution in [2.75, 3.05) is 0 Å². The van der Waals surface area contributed by atoms with Crippen LogP contribution in [0.4, 0.5) is 0 Å². The van der Waals surface area contributed by atoms with Crippen molar-refractivity contribution in [3.8, 4) is 0 Å². The number of aliphatic hydroxyl groups is 1. The van der Waals surface area contributed by atoms with Gasteiger partial charge < -0.3 is 5.11 Å². The lowest BCUT2D eigenvalue weighted by atomic mass is 10.2. The molecule has 15 heavy (non-hydrogen) atoms. The minimum absolute atomic E-state index is 0.588. The molecule has 6 heteroatoms. The molecule has 2 heterocycles. The first-order chi connectivity index (χ1) is 7.08. The van der Waals surface area contributed by atoms with Gasteiger partial charge in [-0.3, -0.25) is 0 Å². The largest absolute Gasteiger partial charge is 0.382 e. The number of aliphatic hydroxyl groups excluding tert-OH is 1. The van der Waals surface area contributed by atoms with Crippen LogP contribution in [-0.2, 0) is 0 Å². The Morgan fingerprint density at radius 3 is 2.40 bits per heavy atom. The van der Waals surface area contributed by atoms with Gasteiger partial charge in [-0.15, -0.1) is 22.7 Å². The Morgan fingerprint density at radius 2 is 1.93 bits per heavy atom. The Hall–Kier alpha value is 0.610. The van der Waals surface area contributed by atoms with Gasteiger partial charge in [0.05, 0.1) is 3.79 Å². The van der Waals surface area contributed by atoms with Crippen molar-refractivity contribution in [3.05, 3.63) is 40.5 Å². The molecule has 1 N–H and O–H groups in total. The molecule has 0 aliphatic heterocycles. The quantitative estimate of drug-likeness (QED) is 0.762. The van der Waals surface area contributed by atoms with Crippen molar-refractivity contribution >= 4 is 66.1 Å². The number of rotatable bonds is 2. The van der Waals surface area contributed by atoms with E-state index in [0.29, 0.717) is 4.34 Å². The lowest BCUT2D eigenvalue weighted by molar-refractivity contribution is 0.228. The Morgan fingerprint density at radius 1 is 1.20 bits per heavy atom. The van der Waals surface area contributed by atoms with Crippen LogP contribution in [0, 0.1) is 0 Å². The van der Waals surface area contributed by atoms with Gasteiger partial charge >= 0.3 is 0 Å². The fraction of sp³-hybridized carbons (Fsp3) is 0.111. The first kappa shape index (κ1) is 12.1. The van der Waals surface area contributed by atoms with Crippen LogP contribution in [0.15, 0.2) is 26.5 Å². The van der Waals surface area contributed by atoms with E-state index in [9.17, 15) is 5.11 Å². The molecule has 0 amide bonds. The highest BCUT2D eigenvalue weighted by Gasteiger charge is 2.16.